The number of aliphatic hydroxyl groups excluding tert-OH is 3. The monoisotopic (exact) mass is 220 g/mol. The Bertz CT molecular complexity index is 219. The number of carboxylic acid groups (broad SMARTS) is 1. The molecular formula is C9H16O6. The van der Waals surface area contributed by atoms with Crippen LogP contribution in [0.2, 0.25) is 0 Å². The first kappa shape index (κ1) is 12.4. The van der Waals surface area contributed by atoms with Crippen LogP contribution in [-0.2, 0) is 9.53 Å². The molecule has 1 heterocycles. The molecule has 0 saturated carbocycles. The molecule has 15 heavy (non-hydrogen) atoms. The van der Waals surface area contributed by atoms with E-state index in [4.69, 9.17) is 20.1 Å². The molecule has 1 aliphatic rings. The lowest BCUT2D eigenvalue weighted by atomic mass is 9.97. The third kappa shape index (κ3) is 3.75. The lowest BCUT2D eigenvalue weighted by Crippen LogP contribution is -2.41. The van der Waals surface area contributed by atoms with Gasteiger partial charge in [0.15, 0.2) is 6.10 Å². The van der Waals surface area contributed by atoms with Crippen molar-refractivity contribution in [3.8, 4) is 0 Å². The first-order valence-corrected chi connectivity index (χ1v) is 4.88. The number of aliphatic hydroxyl groups is 3. The largest absolute Gasteiger partial charge is 0.479 e. The Labute approximate surface area is 87.1 Å². The fourth-order valence-corrected chi connectivity index (χ4v) is 1.68. The van der Waals surface area contributed by atoms with Crippen LogP contribution in [-0.4, -0.2) is 57.4 Å². The number of ether oxygens (including phenoxy) is 1. The Morgan fingerprint density at radius 3 is 2.67 bits per heavy atom. The molecule has 0 spiro atoms. The molecule has 0 bridgehead atoms. The smallest absolute Gasteiger partial charge is 0.332 e. The molecule has 4 N–H and O–H groups in total. The van der Waals surface area contributed by atoms with E-state index < -0.39 is 37.0 Å². The molecule has 0 radical (unpaired) electrons. The van der Waals surface area contributed by atoms with Gasteiger partial charge < -0.3 is 25.2 Å². The number of hydrogen-bond donors (Lipinski definition) is 4. The van der Waals surface area contributed by atoms with Crippen molar-refractivity contribution in [1.82, 2.24) is 0 Å². The average molecular weight is 220 g/mol. The van der Waals surface area contributed by atoms with Crippen LogP contribution in [0.5, 0.6) is 0 Å². The lowest BCUT2D eigenvalue weighted by molar-refractivity contribution is -0.168. The van der Waals surface area contributed by atoms with Gasteiger partial charge in [0.05, 0.1) is 24.9 Å². The molecule has 1 fully saturated rings. The molecule has 6 heteroatoms. The molecule has 0 aromatic rings. The van der Waals surface area contributed by atoms with Gasteiger partial charge in [-0.1, -0.05) is 0 Å². The second kappa shape index (κ2) is 5.41. The van der Waals surface area contributed by atoms with Crippen molar-refractivity contribution in [2.45, 2.75) is 43.7 Å². The fourth-order valence-electron chi connectivity index (χ4n) is 1.68. The predicted octanol–water partition coefficient (Wildman–Crippen LogP) is -1.28. The zero-order valence-electron chi connectivity index (χ0n) is 8.24. The van der Waals surface area contributed by atoms with E-state index in [2.05, 4.69) is 0 Å². The second-order valence-electron chi connectivity index (χ2n) is 3.78. The molecular weight excluding hydrogens is 204 g/mol. The van der Waals surface area contributed by atoms with E-state index in [-0.39, 0.29) is 12.8 Å². The zero-order valence-corrected chi connectivity index (χ0v) is 8.24. The maximum absolute atomic E-state index is 10.7. The Kier molecular flexibility index (Phi) is 4.46. The number of carbonyl (C=O) groups is 1. The summed E-state index contributed by atoms with van der Waals surface area (Å²) >= 11 is 0. The van der Waals surface area contributed by atoms with Gasteiger partial charge in [0.2, 0.25) is 0 Å². The van der Waals surface area contributed by atoms with E-state index in [1.807, 2.05) is 0 Å². The summed E-state index contributed by atoms with van der Waals surface area (Å²) in [5.41, 5.74) is 0. The van der Waals surface area contributed by atoms with E-state index in [1.165, 1.54) is 0 Å². The van der Waals surface area contributed by atoms with Crippen molar-refractivity contribution >= 4 is 5.97 Å². The van der Waals surface area contributed by atoms with E-state index in [0.29, 0.717) is 6.42 Å². The third-order valence-corrected chi connectivity index (χ3v) is 2.40. The average Bonchev–Trinajstić information content (AvgIpc) is 2.16. The minimum atomic E-state index is -1.11. The summed E-state index contributed by atoms with van der Waals surface area (Å²) in [6, 6.07) is 0. The standard InChI is InChI=1S/C9H16O6/c10-4-6(12)2-7-1-5(11)3-8(15-7)9(13)14/h5-8,10-12H,1-4H2,(H,13,14)/t5?,6-,7?,8?/m0/s1. The molecule has 1 saturated heterocycles. The maximum Gasteiger partial charge on any atom is 0.332 e. The van der Waals surface area contributed by atoms with Crippen molar-refractivity contribution in [3.63, 3.8) is 0 Å². The highest BCUT2D eigenvalue weighted by Gasteiger charge is 2.33. The van der Waals surface area contributed by atoms with Crippen LogP contribution in [0.4, 0.5) is 0 Å². The van der Waals surface area contributed by atoms with Crippen LogP contribution < -0.4 is 0 Å². The molecule has 0 aliphatic carbocycles. The number of carboxylic acids is 1. The number of hydrogen-bond acceptors (Lipinski definition) is 5. The van der Waals surface area contributed by atoms with Crippen molar-refractivity contribution in [2.75, 3.05) is 6.61 Å². The van der Waals surface area contributed by atoms with Crippen LogP contribution in [0, 0.1) is 0 Å². The van der Waals surface area contributed by atoms with Crippen molar-refractivity contribution in [1.29, 1.82) is 0 Å². The highest BCUT2D eigenvalue weighted by atomic mass is 16.5. The number of rotatable bonds is 4. The van der Waals surface area contributed by atoms with Crippen LogP contribution in [0.25, 0.3) is 0 Å². The predicted molar refractivity (Wildman–Crippen MR) is 49.2 cm³/mol. The molecule has 1 rings (SSSR count). The molecule has 1 aliphatic heterocycles. The summed E-state index contributed by atoms with van der Waals surface area (Å²) < 4.78 is 5.16. The van der Waals surface area contributed by atoms with Crippen molar-refractivity contribution in [2.24, 2.45) is 0 Å². The maximum atomic E-state index is 10.7. The van der Waals surface area contributed by atoms with E-state index >= 15 is 0 Å². The van der Waals surface area contributed by atoms with E-state index in [9.17, 15) is 9.90 Å². The summed E-state index contributed by atoms with van der Waals surface area (Å²) in [6.07, 6.45) is -2.70. The van der Waals surface area contributed by atoms with Crippen molar-refractivity contribution < 1.29 is 30.0 Å². The normalized spacial score (nSPS) is 33.7. The Morgan fingerprint density at radius 1 is 1.47 bits per heavy atom. The summed E-state index contributed by atoms with van der Waals surface area (Å²) in [6.45, 7) is -0.395. The van der Waals surface area contributed by atoms with Crippen molar-refractivity contribution in [3.05, 3.63) is 0 Å². The summed E-state index contributed by atoms with van der Waals surface area (Å²) in [7, 11) is 0. The molecule has 0 aromatic heterocycles. The number of aliphatic carboxylic acids is 1. The van der Waals surface area contributed by atoms with Gasteiger partial charge in [-0.15, -0.1) is 0 Å². The molecule has 4 atom stereocenters. The van der Waals surface area contributed by atoms with E-state index in [0.717, 1.165) is 0 Å². The molecule has 0 amide bonds. The SMILES string of the molecule is O=C(O)C1CC(O)CC(C[C@H](O)CO)O1. The highest BCUT2D eigenvalue weighted by Crippen LogP contribution is 2.22. The van der Waals surface area contributed by atoms with Gasteiger partial charge in [0.1, 0.15) is 0 Å². The molecule has 88 valence electrons. The van der Waals surface area contributed by atoms with Gasteiger partial charge in [-0.05, 0) is 6.42 Å². The first-order chi connectivity index (χ1) is 7.02. The summed E-state index contributed by atoms with van der Waals surface area (Å²) in [5.74, 6) is -1.11. The molecule has 0 aromatic carbocycles. The van der Waals surface area contributed by atoms with Gasteiger partial charge in [-0.3, -0.25) is 0 Å². The van der Waals surface area contributed by atoms with Gasteiger partial charge >= 0.3 is 5.97 Å². The Morgan fingerprint density at radius 2 is 2.13 bits per heavy atom. The van der Waals surface area contributed by atoms with Gasteiger partial charge in [-0.2, -0.15) is 0 Å². The second-order valence-corrected chi connectivity index (χ2v) is 3.78. The van der Waals surface area contributed by atoms with Crippen LogP contribution >= 0.6 is 0 Å². The minimum absolute atomic E-state index is 0.0705. The Hall–Kier alpha value is -0.690. The van der Waals surface area contributed by atoms with Gasteiger partial charge in [0.25, 0.3) is 0 Å². The topological polar surface area (TPSA) is 107 Å². The molecule has 6 nitrogen and oxygen atoms in total. The van der Waals surface area contributed by atoms with Crippen LogP contribution in [0.3, 0.4) is 0 Å². The Balaban J connectivity index is 2.48. The highest BCUT2D eigenvalue weighted by molar-refractivity contribution is 5.72. The third-order valence-electron chi connectivity index (χ3n) is 2.40. The van der Waals surface area contributed by atoms with Gasteiger partial charge in [0, 0.05) is 12.8 Å². The quantitative estimate of drug-likeness (QED) is 0.470. The van der Waals surface area contributed by atoms with Gasteiger partial charge in [-0.25, -0.2) is 4.79 Å². The molecule has 3 unspecified atom stereocenters. The fraction of sp³-hybridized carbons (Fsp3) is 0.889. The minimum Gasteiger partial charge on any atom is -0.479 e. The summed E-state index contributed by atoms with van der Waals surface area (Å²) in [5, 5.41) is 35.9. The van der Waals surface area contributed by atoms with E-state index in [1.54, 1.807) is 0 Å². The lowest BCUT2D eigenvalue weighted by Gasteiger charge is -2.31. The van der Waals surface area contributed by atoms with Crippen LogP contribution in [0.1, 0.15) is 19.3 Å². The zero-order chi connectivity index (χ0) is 11.4. The van der Waals surface area contributed by atoms with Crippen LogP contribution in [0.15, 0.2) is 0 Å². The summed E-state index contributed by atoms with van der Waals surface area (Å²) in [4.78, 5) is 10.7. The first-order valence-electron chi connectivity index (χ1n) is 4.88.